The fourth-order valence-electron chi connectivity index (χ4n) is 4.46. The molecule has 1 unspecified atom stereocenters. The molecule has 0 spiro atoms. The largest absolute Gasteiger partial charge is 0.498 e. The average Bonchev–Trinajstić information content (AvgIpc) is 2.93. The molecule has 0 saturated carbocycles. The molecule has 2 aliphatic heterocycles. The highest BCUT2D eigenvalue weighted by Gasteiger charge is 2.45. The molecule has 1 N–H and O–H groups in total. The topological polar surface area (TPSA) is 50.8 Å². The number of nitrogens with one attached hydrogen (secondary N) is 1. The third-order valence-electron chi connectivity index (χ3n) is 5.81. The van der Waals surface area contributed by atoms with Gasteiger partial charge in [-0.15, -0.1) is 0 Å². The van der Waals surface area contributed by atoms with Crippen molar-refractivity contribution in [3.8, 4) is 0 Å². The first kappa shape index (κ1) is 18.3. The van der Waals surface area contributed by atoms with Crippen molar-refractivity contribution in [1.82, 2.24) is 10.2 Å². The second-order valence-electron chi connectivity index (χ2n) is 7.51. The van der Waals surface area contributed by atoms with E-state index in [0.717, 1.165) is 43.7 Å². The van der Waals surface area contributed by atoms with E-state index in [4.69, 9.17) is 9.47 Å². The minimum absolute atomic E-state index is 0.118. The van der Waals surface area contributed by atoms with Gasteiger partial charge in [0.2, 0.25) is 5.91 Å². The molecule has 2 heterocycles. The molecule has 2 saturated heterocycles. The summed E-state index contributed by atoms with van der Waals surface area (Å²) in [7, 11) is 1.67. The lowest BCUT2D eigenvalue weighted by Crippen LogP contribution is -2.43. The van der Waals surface area contributed by atoms with Crippen LogP contribution >= 0.6 is 0 Å². The second-order valence-corrected chi connectivity index (χ2v) is 7.51. The zero-order valence-electron chi connectivity index (χ0n) is 15.8. The number of fused-ring (bicyclic) bond motifs is 3. The molecule has 4 atom stereocenters. The molecule has 5 heteroatoms. The quantitative estimate of drug-likeness (QED) is 0.592. The van der Waals surface area contributed by atoms with Gasteiger partial charge in [0, 0.05) is 37.5 Å². The van der Waals surface area contributed by atoms with Gasteiger partial charge in [0.25, 0.3) is 0 Å². The van der Waals surface area contributed by atoms with Gasteiger partial charge in [-0.25, -0.2) is 0 Å². The summed E-state index contributed by atoms with van der Waals surface area (Å²) in [6.45, 7) is 5.59. The molecule has 0 aromatic heterocycles. The Morgan fingerprint density at radius 1 is 1.36 bits per heavy atom. The highest BCUT2D eigenvalue weighted by atomic mass is 16.5. The fraction of sp³-hybridized carbons (Fsp3) is 0.750. The number of hydrogen-bond acceptors (Lipinski definition) is 4. The maximum absolute atomic E-state index is 13.0. The van der Waals surface area contributed by atoms with Crippen LogP contribution in [0.4, 0.5) is 0 Å². The van der Waals surface area contributed by atoms with Gasteiger partial charge in [-0.2, -0.15) is 0 Å². The zero-order valence-corrected chi connectivity index (χ0v) is 15.8. The van der Waals surface area contributed by atoms with Crippen LogP contribution in [-0.4, -0.2) is 49.2 Å². The van der Waals surface area contributed by atoms with Gasteiger partial charge in [0.15, 0.2) is 0 Å². The molecule has 0 radical (unpaired) electrons. The Hall–Kier alpha value is -1.49. The minimum atomic E-state index is 0.118. The standard InChI is InChI=1S/C20H32N2O3/c1-4-9-25-19(14(2)24-3)11-16-12-20(23)22-17(13-21-16)10-15-7-5-6-8-18(15)22/h5-6,15-18,21H,4,7-13H2,1-3H3/b19-14-/t15-,16-,17+,18?/m1/s1. The Kier molecular flexibility index (Phi) is 6.05. The molecular weight excluding hydrogens is 316 g/mol. The molecule has 5 nitrogen and oxygen atoms in total. The Morgan fingerprint density at radius 3 is 2.92 bits per heavy atom. The first-order valence-electron chi connectivity index (χ1n) is 9.70. The van der Waals surface area contributed by atoms with Crippen LogP contribution in [0.1, 0.15) is 52.4 Å². The van der Waals surface area contributed by atoms with E-state index < -0.39 is 0 Å². The monoisotopic (exact) mass is 348 g/mol. The van der Waals surface area contributed by atoms with Crippen LogP contribution in [-0.2, 0) is 14.3 Å². The van der Waals surface area contributed by atoms with Crippen LogP contribution in [0.2, 0.25) is 0 Å². The third kappa shape index (κ3) is 4.02. The van der Waals surface area contributed by atoms with Gasteiger partial charge >= 0.3 is 0 Å². The maximum Gasteiger partial charge on any atom is 0.224 e. The van der Waals surface area contributed by atoms with Crippen molar-refractivity contribution in [2.45, 2.75) is 70.5 Å². The van der Waals surface area contributed by atoms with Crippen molar-refractivity contribution in [1.29, 1.82) is 0 Å². The van der Waals surface area contributed by atoms with E-state index in [-0.39, 0.29) is 6.04 Å². The van der Waals surface area contributed by atoms with Gasteiger partial charge < -0.3 is 19.7 Å². The van der Waals surface area contributed by atoms with E-state index in [1.807, 2.05) is 6.92 Å². The van der Waals surface area contributed by atoms with Gasteiger partial charge in [-0.1, -0.05) is 19.1 Å². The van der Waals surface area contributed by atoms with Crippen molar-refractivity contribution in [3.05, 3.63) is 23.7 Å². The average molecular weight is 348 g/mol. The first-order valence-corrected chi connectivity index (χ1v) is 9.70. The van der Waals surface area contributed by atoms with Gasteiger partial charge in [-0.3, -0.25) is 4.79 Å². The number of nitrogens with zero attached hydrogens (tertiary/aromatic N) is 1. The van der Waals surface area contributed by atoms with Crippen molar-refractivity contribution in [2.75, 3.05) is 20.3 Å². The van der Waals surface area contributed by atoms with E-state index in [9.17, 15) is 4.79 Å². The van der Waals surface area contributed by atoms with E-state index in [2.05, 4.69) is 29.3 Å². The number of carbonyl (C=O) groups excluding carboxylic acids is 1. The van der Waals surface area contributed by atoms with Crippen LogP contribution in [0.5, 0.6) is 0 Å². The predicted molar refractivity (Wildman–Crippen MR) is 97.9 cm³/mol. The summed E-state index contributed by atoms with van der Waals surface area (Å²) in [6, 6.07) is 0.877. The van der Waals surface area contributed by atoms with Crippen LogP contribution in [0.25, 0.3) is 0 Å². The fourth-order valence-corrected chi connectivity index (χ4v) is 4.46. The van der Waals surface area contributed by atoms with Gasteiger partial charge in [0.1, 0.15) is 11.5 Å². The van der Waals surface area contributed by atoms with Crippen LogP contribution in [0.15, 0.2) is 23.7 Å². The second kappa shape index (κ2) is 8.26. The summed E-state index contributed by atoms with van der Waals surface area (Å²) in [6.07, 6.45) is 10.0. The Bertz CT molecular complexity index is 543. The Morgan fingerprint density at radius 2 is 2.16 bits per heavy atom. The molecular formula is C20H32N2O3. The van der Waals surface area contributed by atoms with Crippen molar-refractivity contribution >= 4 is 5.91 Å². The number of carbonyl (C=O) groups is 1. The molecule has 3 rings (SSSR count). The normalized spacial score (nSPS) is 32.6. The summed E-state index contributed by atoms with van der Waals surface area (Å²) < 4.78 is 11.3. The van der Waals surface area contributed by atoms with E-state index in [1.54, 1.807) is 7.11 Å². The lowest BCUT2D eigenvalue weighted by atomic mass is 9.89. The van der Waals surface area contributed by atoms with E-state index in [1.165, 1.54) is 0 Å². The highest BCUT2D eigenvalue weighted by Crippen LogP contribution is 2.38. The molecule has 2 fully saturated rings. The number of hydrogen-bond donors (Lipinski definition) is 1. The summed E-state index contributed by atoms with van der Waals surface area (Å²) in [5, 5.41) is 3.63. The van der Waals surface area contributed by atoms with Crippen LogP contribution in [0.3, 0.4) is 0 Å². The predicted octanol–water partition coefficient (Wildman–Crippen LogP) is 2.98. The zero-order chi connectivity index (χ0) is 17.8. The maximum atomic E-state index is 13.0. The molecule has 1 amide bonds. The van der Waals surface area contributed by atoms with Crippen LogP contribution in [0, 0.1) is 5.92 Å². The molecule has 3 aliphatic rings. The summed E-state index contributed by atoms with van der Waals surface area (Å²) in [5.41, 5.74) is 0. The van der Waals surface area contributed by atoms with E-state index >= 15 is 0 Å². The molecule has 140 valence electrons. The van der Waals surface area contributed by atoms with Gasteiger partial charge in [-0.05, 0) is 38.5 Å². The lowest BCUT2D eigenvalue weighted by molar-refractivity contribution is -0.133. The summed E-state index contributed by atoms with van der Waals surface area (Å²) in [5.74, 6) is 2.63. The van der Waals surface area contributed by atoms with Gasteiger partial charge in [0.05, 0.1) is 13.7 Å². The van der Waals surface area contributed by atoms with Crippen LogP contribution < -0.4 is 5.32 Å². The summed E-state index contributed by atoms with van der Waals surface area (Å²) >= 11 is 0. The van der Waals surface area contributed by atoms with Crippen molar-refractivity contribution in [3.63, 3.8) is 0 Å². The van der Waals surface area contributed by atoms with Crippen molar-refractivity contribution in [2.24, 2.45) is 5.92 Å². The molecule has 0 aromatic carbocycles. The molecule has 25 heavy (non-hydrogen) atoms. The SMILES string of the molecule is CCCO/C(C[C@@H]1CC(=O)N2C3CC=CC[C@@H]3C[C@H]2CN1)=C(/C)OC. The summed E-state index contributed by atoms with van der Waals surface area (Å²) in [4.78, 5) is 15.2. The first-order chi connectivity index (χ1) is 12.1. The molecule has 0 aromatic rings. The number of ether oxygens (including phenoxy) is 2. The number of amides is 1. The Labute approximate surface area is 151 Å². The molecule has 0 bridgehead atoms. The Balaban J connectivity index is 1.66. The number of rotatable bonds is 6. The molecule has 1 aliphatic carbocycles. The minimum Gasteiger partial charge on any atom is -0.498 e. The lowest BCUT2D eigenvalue weighted by Gasteiger charge is -2.31. The number of allylic oxidation sites excluding steroid dienone is 2. The van der Waals surface area contributed by atoms with E-state index in [0.29, 0.717) is 43.4 Å². The number of methoxy groups -OCH3 is 1. The third-order valence-corrected chi connectivity index (χ3v) is 5.81. The smallest absolute Gasteiger partial charge is 0.224 e. The highest BCUT2D eigenvalue weighted by molar-refractivity contribution is 5.78. The van der Waals surface area contributed by atoms with Crippen molar-refractivity contribution < 1.29 is 14.3 Å².